The molecule has 13 N–H and O–H groups in total. The summed E-state index contributed by atoms with van der Waals surface area (Å²) >= 11 is 0. The molecule has 14 heteroatoms. The Morgan fingerprint density at radius 2 is 1.52 bits per heavy atom. The van der Waals surface area contributed by atoms with E-state index in [0.29, 0.717) is 23.1 Å². The number of hydrogen-bond acceptors (Lipinski definition) is 9. The topological polar surface area (TPSA) is 266 Å². The van der Waals surface area contributed by atoms with Gasteiger partial charge in [0, 0.05) is 19.3 Å². The van der Waals surface area contributed by atoms with E-state index < -0.39 is 53.7 Å². The van der Waals surface area contributed by atoms with Gasteiger partial charge in [0.05, 0.1) is 6.04 Å². The number of amides is 5. The van der Waals surface area contributed by atoms with Gasteiger partial charge in [-0.2, -0.15) is 0 Å². The van der Waals surface area contributed by atoms with E-state index in [0.717, 1.165) is 0 Å². The molecule has 1 unspecified atom stereocenters. The SMILES string of the molecule is NCCC[C@@H]1NC(=O)[C@@H](N)Cc2cc(ccc2O)-c2ccc(O)c(c2)CC(C(=O)N[C@H](CCC(N)=O)C(N)=O)NC1=O. The van der Waals surface area contributed by atoms with Gasteiger partial charge in [0.1, 0.15) is 29.6 Å². The summed E-state index contributed by atoms with van der Waals surface area (Å²) in [7, 11) is 0. The fourth-order valence-corrected chi connectivity index (χ4v) is 4.60. The van der Waals surface area contributed by atoms with Gasteiger partial charge < -0.3 is 49.1 Å². The number of primary amides is 2. The second kappa shape index (κ2) is 14.3. The molecule has 0 aromatic heterocycles. The maximum Gasteiger partial charge on any atom is 0.243 e. The van der Waals surface area contributed by atoms with Crippen LogP contribution in [0.4, 0.5) is 0 Å². The summed E-state index contributed by atoms with van der Waals surface area (Å²) in [5, 5.41) is 28.7. The van der Waals surface area contributed by atoms with Gasteiger partial charge in [-0.1, -0.05) is 12.1 Å². The zero-order valence-electron chi connectivity index (χ0n) is 23.0. The number of hydrogen-bond donors (Lipinski definition) is 9. The Bertz CT molecular complexity index is 1350. The third-order valence-corrected chi connectivity index (χ3v) is 7.00. The fraction of sp³-hybridized carbons (Fsp3) is 0.393. The summed E-state index contributed by atoms with van der Waals surface area (Å²) in [6.07, 6.45) is -0.164. The van der Waals surface area contributed by atoms with E-state index in [1.165, 1.54) is 12.1 Å². The predicted octanol–water partition coefficient (Wildman–Crippen LogP) is -1.87. The van der Waals surface area contributed by atoms with Crippen molar-refractivity contribution in [1.82, 2.24) is 16.0 Å². The summed E-state index contributed by atoms with van der Waals surface area (Å²) in [5.41, 5.74) is 24.3. The maximum absolute atomic E-state index is 13.4. The van der Waals surface area contributed by atoms with E-state index in [1.54, 1.807) is 24.3 Å². The first kappa shape index (κ1) is 31.8. The predicted molar refractivity (Wildman–Crippen MR) is 152 cm³/mol. The normalized spacial score (nSPS) is 19.8. The Morgan fingerprint density at radius 1 is 0.929 bits per heavy atom. The van der Waals surface area contributed by atoms with Crippen LogP contribution in [0.2, 0.25) is 0 Å². The number of carbonyl (C=O) groups excluding carboxylic acids is 5. The van der Waals surface area contributed by atoms with E-state index in [2.05, 4.69) is 16.0 Å². The van der Waals surface area contributed by atoms with Crippen molar-refractivity contribution in [2.75, 3.05) is 6.54 Å². The summed E-state index contributed by atoms with van der Waals surface area (Å²) in [5.74, 6) is -4.06. The Morgan fingerprint density at radius 3 is 2.07 bits per heavy atom. The van der Waals surface area contributed by atoms with Gasteiger partial charge in [0.2, 0.25) is 29.5 Å². The molecule has 1 aliphatic rings. The van der Waals surface area contributed by atoms with Gasteiger partial charge in [-0.15, -0.1) is 0 Å². The molecule has 226 valence electrons. The van der Waals surface area contributed by atoms with Crippen LogP contribution in [-0.4, -0.2) is 70.5 Å². The molecule has 42 heavy (non-hydrogen) atoms. The van der Waals surface area contributed by atoms with E-state index in [9.17, 15) is 34.2 Å². The number of aromatic hydroxyl groups is 2. The molecule has 0 spiro atoms. The number of benzene rings is 2. The van der Waals surface area contributed by atoms with Crippen LogP contribution >= 0.6 is 0 Å². The molecule has 5 amide bonds. The van der Waals surface area contributed by atoms with Crippen LogP contribution in [0.25, 0.3) is 11.1 Å². The van der Waals surface area contributed by atoms with Crippen molar-refractivity contribution in [3.63, 3.8) is 0 Å². The van der Waals surface area contributed by atoms with E-state index in [4.69, 9.17) is 22.9 Å². The van der Waals surface area contributed by atoms with Crippen LogP contribution in [0.15, 0.2) is 36.4 Å². The van der Waals surface area contributed by atoms with Crippen molar-refractivity contribution in [2.24, 2.45) is 22.9 Å². The largest absolute Gasteiger partial charge is 0.508 e. The van der Waals surface area contributed by atoms with Gasteiger partial charge >= 0.3 is 0 Å². The number of phenolic OH excluding ortho intramolecular Hbond substituents is 2. The first-order chi connectivity index (χ1) is 19.9. The smallest absolute Gasteiger partial charge is 0.243 e. The van der Waals surface area contributed by atoms with Gasteiger partial charge in [-0.25, -0.2) is 0 Å². The van der Waals surface area contributed by atoms with E-state index in [-0.39, 0.29) is 55.7 Å². The molecule has 4 bridgehead atoms. The van der Waals surface area contributed by atoms with Gasteiger partial charge in [-0.3, -0.25) is 24.0 Å². The van der Waals surface area contributed by atoms with E-state index >= 15 is 0 Å². The highest BCUT2D eigenvalue weighted by molar-refractivity contribution is 5.95. The van der Waals surface area contributed by atoms with E-state index in [1.807, 2.05) is 0 Å². The van der Waals surface area contributed by atoms with Crippen molar-refractivity contribution in [1.29, 1.82) is 0 Å². The molecule has 1 heterocycles. The molecule has 0 radical (unpaired) electrons. The standard InChI is InChI=1S/C28H37N7O7/c29-9-1-2-20-27(41)35-21(28(42)33-19(25(32)39)5-8-24(31)38)13-17-11-15(4-7-23(17)37)14-3-6-22(36)16(10-14)12-18(30)26(40)34-20/h3-4,6-7,10-11,18-21,36-37H,1-2,5,8-9,12-13,29-30H2,(H2,31,38)(H2,32,39)(H,33,42)(H,34,40)(H,35,41)/t18-,19+,20-,21?/m0/s1. The Kier molecular flexibility index (Phi) is 10.8. The highest BCUT2D eigenvalue weighted by atomic mass is 16.3. The molecule has 0 saturated carbocycles. The number of phenols is 2. The lowest BCUT2D eigenvalue weighted by Crippen LogP contribution is -2.58. The second-order valence-corrected chi connectivity index (χ2v) is 10.2. The first-order valence-corrected chi connectivity index (χ1v) is 13.5. The third-order valence-electron chi connectivity index (χ3n) is 7.00. The molecule has 0 saturated heterocycles. The molecule has 4 atom stereocenters. The molecule has 3 rings (SSSR count). The Labute approximate surface area is 242 Å². The number of rotatable bonds is 9. The highest BCUT2D eigenvalue weighted by Gasteiger charge is 2.31. The second-order valence-electron chi connectivity index (χ2n) is 10.2. The summed E-state index contributed by atoms with van der Waals surface area (Å²) in [6.45, 7) is 0.219. The third kappa shape index (κ3) is 8.41. The lowest BCUT2D eigenvalue weighted by atomic mass is 9.95. The summed E-state index contributed by atoms with van der Waals surface area (Å²) < 4.78 is 0. The summed E-state index contributed by atoms with van der Waals surface area (Å²) in [6, 6.07) is 4.56. The number of nitrogens with two attached hydrogens (primary N) is 4. The van der Waals surface area contributed by atoms with Crippen molar-refractivity contribution < 1.29 is 34.2 Å². The monoisotopic (exact) mass is 583 g/mol. The molecule has 2 aromatic carbocycles. The average Bonchev–Trinajstić information content (AvgIpc) is 2.94. The molecule has 1 aliphatic heterocycles. The van der Waals surface area contributed by atoms with Crippen LogP contribution in [-0.2, 0) is 36.8 Å². The molecular formula is C28H37N7O7. The molecular weight excluding hydrogens is 546 g/mol. The van der Waals surface area contributed by atoms with Crippen LogP contribution in [0.3, 0.4) is 0 Å². The zero-order chi connectivity index (χ0) is 31.0. The molecule has 14 nitrogen and oxygen atoms in total. The van der Waals surface area contributed by atoms with Crippen molar-refractivity contribution in [3.05, 3.63) is 47.5 Å². The van der Waals surface area contributed by atoms with Crippen molar-refractivity contribution >= 4 is 29.5 Å². The Balaban J connectivity index is 2.07. The fourth-order valence-electron chi connectivity index (χ4n) is 4.60. The first-order valence-electron chi connectivity index (χ1n) is 13.5. The van der Waals surface area contributed by atoms with Crippen molar-refractivity contribution in [2.45, 2.75) is 62.7 Å². The van der Waals surface area contributed by atoms with Crippen LogP contribution in [0.5, 0.6) is 11.5 Å². The number of carbonyl (C=O) groups is 5. The highest BCUT2D eigenvalue weighted by Crippen LogP contribution is 2.31. The molecule has 0 fully saturated rings. The van der Waals surface area contributed by atoms with Gasteiger partial charge in [0.25, 0.3) is 0 Å². The molecule has 0 aliphatic carbocycles. The van der Waals surface area contributed by atoms with Gasteiger partial charge in [0.15, 0.2) is 0 Å². The minimum Gasteiger partial charge on any atom is -0.508 e. The minimum absolute atomic E-state index is 0.0352. The quantitative estimate of drug-likeness (QED) is 0.160. The Hall–Kier alpha value is -4.69. The zero-order valence-corrected chi connectivity index (χ0v) is 23.0. The lowest BCUT2D eigenvalue weighted by molar-refractivity contribution is -0.133. The van der Waals surface area contributed by atoms with Crippen molar-refractivity contribution in [3.8, 4) is 22.6 Å². The average molecular weight is 584 g/mol. The molecule has 2 aromatic rings. The number of fused-ring (bicyclic) bond motifs is 5. The minimum atomic E-state index is -1.35. The maximum atomic E-state index is 13.4. The van der Waals surface area contributed by atoms with Crippen LogP contribution in [0.1, 0.15) is 36.8 Å². The summed E-state index contributed by atoms with van der Waals surface area (Å²) in [4.78, 5) is 63.1. The lowest BCUT2D eigenvalue weighted by Gasteiger charge is -2.25. The van der Waals surface area contributed by atoms with Crippen LogP contribution in [0, 0.1) is 0 Å². The van der Waals surface area contributed by atoms with Gasteiger partial charge in [-0.05, 0) is 72.3 Å². The van der Waals surface area contributed by atoms with Crippen LogP contribution < -0.4 is 38.9 Å². The number of nitrogens with one attached hydrogen (secondary N) is 3.